The average Bonchev–Trinajstić information content (AvgIpc) is 2.47. The van der Waals surface area contributed by atoms with Gasteiger partial charge in [-0.1, -0.05) is 6.92 Å². The molecule has 2 rings (SSSR count). The Bertz CT molecular complexity index is 411. The second-order valence-corrected chi connectivity index (χ2v) is 4.86. The highest BCUT2D eigenvalue weighted by Gasteiger charge is 2.24. The first-order valence-electron chi connectivity index (χ1n) is 6.78. The zero-order valence-corrected chi connectivity index (χ0v) is 11.2. The first-order chi connectivity index (χ1) is 9.20. The van der Waals surface area contributed by atoms with Crippen molar-refractivity contribution in [2.75, 3.05) is 18.0 Å². The number of nitrogens with one attached hydrogen (secondary N) is 1. The SMILES string of the molecule is CCC(N)C(=O)NC1CCCN(c2ncccn2)C1. The first kappa shape index (κ1) is 13.7. The molecule has 1 saturated heterocycles. The molecule has 1 aliphatic rings. The van der Waals surface area contributed by atoms with Gasteiger partial charge in [-0.3, -0.25) is 4.79 Å². The number of carbonyl (C=O) groups is 1. The van der Waals surface area contributed by atoms with Gasteiger partial charge in [-0.05, 0) is 25.3 Å². The van der Waals surface area contributed by atoms with E-state index >= 15 is 0 Å². The summed E-state index contributed by atoms with van der Waals surface area (Å²) in [5.74, 6) is 0.657. The van der Waals surface area contributed by atoms with Crippen LogP contribution in [-0.4, -0.2) is 41.0 Å². The Balaban J connectivity index is 1.92. The van der Waals surface area contributed by atoms with Crippen LogP contribution in [0.3, 0.4) is 0 Å². The van der Waals surface area contributed by atoms with Crippen molar-refractivity contribution in [2.24, 2.45) is 5.73 Å². The molecule has 1 fully saturated rings. The molecule has 0 bridgehead atoms. The van der Waals surface area contributed by atoms with Crippen molar-refractivity contribution in [3.63, 3.8) is 0 Å². The van der Waals surface area contributed by atoms with Crippen LogP contribution in [0.1, 0.15) is 26.2 Å². The van der Waals surface area contributed by atoms with Crippen molar-refractivity contribution in [2.45, 2.75) is 38.3 Å². The van der Waals surface area contributed by atoms with Gasteiger partial charge in [0.15, 0.2) is 0 Å². The van der Waals surface area contributed by atoms with Crippen LogP contribution >= 0.6 is 0 Å². The molecule has 2 atom stereocenters. The number of anilines is 1. The third kappa shape index (κ3) is 3.64. The fourth-order valence-electron chi connectivity index (χ4n) is 2.22. The predicted molar refractivity (Wildman–Crippen MR) is 73.7 cm³/mol. The van der Waals surface area contributed by atoms with Gasteiger partial charge in [0.1, 0.15) is 0 Å². The number of carbonyl (C=O) groups excluding carboxylic acids is 1. The maximum Gasteiger partial charge on any atom is 0.237 e. The van der Waals surface area contributed by atoms with Gasteiger partial charge >= 0.3 is 0 Å². The van der Waals surface area contributed by atoms with Crippen molar-refractivity contribution in [1.29, 1.82) is 0 Å². The molecule has 3 N–H and O–H groups in total. The summed E-state index contributed by atoms with van der Waals surface area (Å²) in [6.07, 6.45) is 6.12. The number of hydrogen-bond donors (Lipinski definition) is 2. The minimum Gasteiger partial charge on any atom is -0.350 e. The van der Waals surface area contributed by atoms with Gasteiger partial charge in [-0.15, -0.1) is 0 Å². The standard InChI is InChI=1S/C13H21N5O/c1-2-11(14)12(19)17-10-5-3-8-18(9-10)13-15-6-4-7-16-13/h4,6-7,10-11H,2-3,5,8-9,14H2,1H3,(H,17,19). The lowest BCUT2D eigenvalue weighted by Gasteiger charge is -2.33. The molecule has 1 aromatic rings. The Kier molecular flexibility index (Phi) is 4.68. The number of amides is 1. The summed E-state index contributed by atoms with van der Waals surface area (Å²) in [4.78, 5) is 22.4. The fourth-order valence-corrected chi connectivity index (χ4v) is 2.22. The van der Waals surface area contributed by atoms with Crippen LogP contribution in [0.4, 0.5) is 5.95 Å². The summed E-state index contributed by atoms with van der Waals surface area (Å²) in [6, 6.07) is 1.51. The molecular formula is C13H21N5O. The van der Waals surface area contributed by atoms with Gasteiger partial charge in [0.2, 0.25) is 11.9 Å². The Labute approximate surface area is 113 Å². The number of piperidine rings is 1. The second kappa shape index (κ2) is 6.47. The van der Waals surface area contributed by atoms with Crippen LogP contribution in [-0.2, 0) is 4.79 Å². The van der Waals surface area contributed by atoms with E-state index in [9.17, 15) is 4.79 Å². The Morgan fingerprint density at radius 3 is 3.00 bits per heavy atom. The summed E-state index contributed by atoms with van der Waals surface area (Å²) in [7, 11) is 0. The topological polar surface area (TPSA) is 84.1 Å². The van der Waals surface area contributed by atoms with Crippen molar-refractivity contribution in [1.82, 2.24) is 15.3 Å². The first-order valence-corrected chi connectivity index (χ1v) is 6.78. The molecule has 1 aliphatic heterocycles. The summed E-state index contributed by atoms with van der Waals surface area (Å²) >= 11 is 0. The molecule has 6 heteroatoms. The summed E-state index contributed by atoms with van der Waals surface area (Å²) in [6.45, 7) is 3.58. The Morgan fingerprint density at radius 1 is 1.58 bits per heavy atom. The minimum absolute atomic E-state index is 0.0664. The van der Waals surface area contributed by atoms with Crippen molar-refractivity contribution < 1.29 is 4.79 Å². The highest BCUT2D eigenvalue weighted by atomic mass is 16.2. The van der Waals surface area contributed by atoms with Crippen LogP contribution < -0.4 is 16.0 Å². The van der Waals surface area contributed by atoms with Gasteiger partial charge in [0.25, 0.3) is 0 Å². The quantitative estimate of drug-likeness (QED) is 0.816. The Hall–Kier alpha value is -1.69. The van der Waals surface area contributed by atoms with Crippen LogP contribution in [0, 0.1) is 0 Å². The normalized spacial score (nSPS) is 20.9. The number of aromatic nitrogens is 2. The van der Waals surface area contributed by atoms with E-state index in [1.807, 2.05) is 6.92 Å². The van der Waals surface area contributed by atoms with E-state index in [-0.39, 0.29) is 11.9 Å². The van der Waals surface area contributed by atoms with Crippen LogP contribution in [0.5, 0.6) is 0 Å². The predicted octanol–water partition coefficient (Wildman–Crippen LogP) is 0.299. The molecule has 2 unspecified atom stereocenters. The van der Waals surface area contributed by atoms with Gasteiger partial charge in [0, 0.05) is 31.5 Å². The minimum atomic E-state index is -0.414. The number of nitrogens with two attached hydrogens (primary N) is 1. The maximum absolute atomic E-state index is 11.8. The number of hydrogen-bond acceptors (Lipinski definition) is 5. The van der Waals surface area contributed by atoms with Crippen LogP contribution in [0.25, 0.3) is 0 Å². The van der Waals surface area contributed by atoms with E-state index in [1.54, 1.807) is 18.5 Å². The van der Waals surface area contributed by atoms with E-state index in [4.69, 9.17) is 5.73 Å². The molecular weight excluding hydrogens is 242 g/mol. The molecule has 2 heterocycles. The fraction of sp³-hybridized carbons (Fsp3) is 0.615. The van der Waals surface area contributed by atoms with Gasteiger partial charge in [0.05, 0.1) is 6.04 Å². The molecule has 0 aromatic carbocycles. The monoisotopic (exact) mass is 263 g/mol. The molecule has 1 amide bonds. The van der Waals surface area contributed by atoms with Crippen LogP contribution in [0.15, 0.2) is 18.5 Å². The van der Waals surface area contributed by atoms with E-state index in [2.05, 4.69) is 20.2 Å². The molecule has 19 heavy (non-hydrogen) atoms. The third-order valence-electron chi connectivity index (χ3n) is 3.38. The summed E-state index contributed by atoms with van der Waals surface area (Å²) in [5, 5.41) is 3.01. The second-order valence-electron chi connectivity index (χ2n) is 4.86. The molecule has 104 valence electrons. The van der Waals surface area contributed by atoms with Crippen molar-refractivity contribution >= 4 is 11.9 Å². The van der Waals surface area contributed by atoms with E-state index < -0.39 is 6.04 Å². The zero-order chi connectivity index (χ0) is 13.7. The zero-order valence-electron chi connectivity index (χ0n) is 11.2. The molecule has 0 radical (unpaired) electrons. The van der Waals surface area contributed by atoms with Crippen LogP contribution in [0.2, 0.25) is 0 Å². The number of rotatable bonds is 4. The maximum atomic E-state index is 11.8. The molecule has 0 spiro atoms. The van der Waals surface area contributed by atoms with Gasteiger partial charge in [-0.2, -0.15) is 0 Å². The molecule has 0 aliphatic carbocycles. The lowest BCUT2D eigenvalue weighted by Crippen LogP contribution is -2.52. The summed E-state index contributed by atoms with van der Waals surface area (Å²) < 4.78 is 0. The largest absolute Gasteiger partial charge is 0.350 e. The van der Waals surface area contributed by atoms with E-state index in [0.717, 1.165) is 31.9 Å². The molecule has 1 aromatic heterocycles. The third-order valence-corrected chi connectivity index (χ3v) is 3.38. The average molecular weight is 263 g/mol. The van der Waals surface area contributed by atoms with Gasteiger partial charge < -0.3 is 16.0 Å². The van der Waals surface area contributed by atoms with Crippen molar-refractivity contribution in [3.05, 3.63) is 18.5 Å². The highest BCUT2D eigenvalue weighted by molar-refractivity contribution is 5.81. The lowest BCUT2D eigenvalue weighted by atomic mass is 10.1. The molecule has 6 nitrogen and oxygen atoms in total. The van der Waals surface area contributed by atoms with E-state index in [0.29, 0.717) is 6.42 Å². The smallest absolute Gasteiger partial charge is 0.237 e. The van der Waals surface area contributed by atoms with Crippen molar-refractivity contribution in [3.8, 4) is 0 Å². The Morgan fingerprint density at radius 2 is 2.32 bits per heavy atom. The van der Waals surface area contributed by atoms with Gasteiger partial charge in [-0.25, -0.2) is 9.97 Å². The summed E-state index contributed by atoms with van der Waals surface area (Å²) in [5.41, 5.74) is 5.73. The van der Waals surface area contributed by atoms with E-state index in [1.165, 1.54) is 0 Å². The number of nitrogens with zero attached hydrogens (tertiary/aromatic N) is 3. The highest BCUT2D eigenvalue weighted by Crippen LogP contribution is 2.15. The lowest BCUT2D eigenvalue weighted by molar-refractivity contribution is -0.123. The molecule has 0 saturated carbocycles.